The number of nitrogens with one attached hydrogen (secondary N) is 2. The summed E-state index contributed by atoms with van der Waals surface area (Å²) in [6, 6.07) is 33.9. The molecule has 3 atom stereocenters. The number of β-lactam (4-membered cyclic amide) rings is 1. The molecule has 1 saturated heterocycles. The van der Waals surface area contributed by atoms with Crippen LogP contribution in [0.2, 0.25) is 0 Å². The lowest BCUT2D eigenvalue weighted by Crippen LogP contribution is -2.74. The van der Waals surface area contributed by atoms with Gasteiger partial charge in [0.15, 0.2) is 10.8 Å². The molecule has 0 radical (unpaired) electrons. The van der Waals surface area contributed by atoms with Crippen LogP contribution in [0.1, 0.15) is 26.3 Å². The topological polar surface area (TPSA) is 190 Å². The number of hydrogen-bond donors (Lipinski definition) is 5. The van der Waals surface area contributed by atoms with E-state index in [0.29, 0.717) is 32.8 Å². The molecule has 2 unspecified atom stereocenters. The normalized spacial score (nSPS) is 17.9. The van der Waals surface area contributed by atoms with E-state index >= 15 is 0 Å². The Balaban J connectivity index is 0.00000532. The number of thioether (sulfide) groups is 1. The maximum absolute atomic E-state index is 14.2. The third-order valence-corrected chi connectivity index (χ3v) is 16.1. The third-order valence-electron chi connectivity index (χ3n) is 9.47. The zero-order chi connectivity index (χ0) is 39.1. The Hall–Kier alpha value is -4.54. The molecule has 0 spiro atoms. The highest BCUT2D eigenvalue weighted by molar-refractivity contribution is 14.0. The summed E-state index contributed by atoms with van der Waals surface area (Å²) in [7, 11) is -2.50. The molecule has 7 rings (SSSR count). The molecule has 56 heavy (non-hydrogen) atoms. The predicted molar refractivity (Wildman–Crippen MR) is 234 cm³/mol. The standard InChI is InChI=1S/C40H39N6O6PS2.HI/c1-39(2,3)52-38(51)45-40(42,25-19-20-29-30(21-25)55-37(41)43-29)36(50)44-31-33(47)46-32(35(48)49)24(23-54-34(31)46)22-53(26-13-7-4-8-14-26,27-15-9-5-10-16-27)28-17-11-6-12-18-28;/h4-21,31,34H,22-23,42H2,1-3H3,(H4-,41,43,44,45,48,49,50,51);1H/p+1/t31?,34-,40?;/m0./s1. The van der Waals surface area contributed by atoms with Gasteiger partial charge in [0, 0.05) is 16.9 Å². The number of hydrogen-bond acceptors (Lipinski definition) is 10. The van der Waals surface area contributed by atoms with Crippen molar-refractivity contribution in [1.29, 1.82) is 0 Å². The summed E-state index contributed by atoms with van der Waals surface area (Å²) < 4.78 is 6.08. The average molecular weight is 924 g/mol. The molecule has 1 aromatic heterocycles. The van der Waals surface area contributed by atoms with Gasteiger partial charge in [-0.3, -0.25) is 25.5 Å². The number of anilines is 1. The van der Waals surface area contributed by atoms with E-state index in [2.05, 4.69) is 52.0 Å². The van der Waals surface area contributed by atoms with Crippen LogP contribution in [0, 0.1) is 0 Å². The average Bonchev–Trinajstić information content (AvgIpc) is 3.55. The van der Waals surface area contributed by atoms with Gasteiger partial charge in [0.1, 0.15) is 45.9 Å². The summed E-state index contributed by atoms with van der Waals surface area (Å²) in [5.74, 6) is -2.43. The minimum absolute atomic E-state index is 0. The Kier molecular flexibility index (Phi) is 11.8. The van der Waals surface area contributed by atoms with Gasteiger partial charge in [-0.05, 0) is 69.3 Å². The van der Waals surface area contributed by atoms with Crippen molar-refractivity contribution in [2.45, 2.75) is 43.5 Å². The summed E-state index contributed by atoms with van der Waals surface area (Å²) in [5, 5.41) is 18.8. The molecule has 4 aromatic carbocycles. The number of thiazole rings is 1. The smallest absolute Gasteiger partial charge is 0.409 e. The minimum Gasteiger partial charge on any atom is -0.477 e. The van der Waals surface area contributed by atoms with Crippen LogP contribution >= 0.6 is 54.3 Å². The molecular formula is C40H41IN6O6PS2+. The van der Waals surface area contributed by atoms with Crippen molar-refractivity contribution in [1.82, 2.24) is 20.5 Å². The Morgan fingerprint density at radius 1 is 0.929 bits per heavy atom. The molecule has 5 aromatic rings. The Labute approximate surface area is 349 Å². The van der Waals surface area contributed by atoms with Crippen LogP contribution in [0.3, 0.4) is 0 Å². The number of alkyl carbamates (subject to hydrolysis) is 1. The van der Waals surface area contributed by atoms with Crippen LogP contribution in [0.25, 0.3) is 10.2 Å². The van der Waals surface area contributed by atoms with Gasteiger partial charge >= 0.3 is 12.1 Å². The first-order valence-electron chi connectivity index (χ1n) is 17.4. The number of benzene rings is 4. The largest absolute Gasteiger partial charge is 0.477 e. The number of carbonyl (C=O) groups excluding carboxylic acids is 3. The molecule has 1 fully saturated rings. The van der Waals surface area contributed by atoms with Crippen LogP contribution in [-0.2, 0) is 24.8 Å². The second-order valence-corrected chi connectivity index (χ2v) is 19.9. The summed E-state index contributed by atoms with van der Waals surface area (Å²) in [5.41, 5.74) is 10.9. The number of fused-ring (bicyclic) bond motifs is 2. The van der Waals surface area contributed by atoms with E-state index in [9.17, 15) is 24.3 Å². The number of amides is 3. The number of aromatic nitrogens is 1. The first kappa shape index (κ1) is 41.1. The lowest BCUT2D eigenvalue weighted by atomic mass is 9.96. The van der Waals surface area contributed by atoms with Crippen LogP contribution in [-0.4, -0.2) is 67.8 Å². The van der Waals surface area contributed by atoms with Crippen LogP contribution < -0.4 is 38.0 Å². The van der Waals surface area contributed by atoms with E-state index in [-0.39, 0.29) is 35.2 Å². The number of nitrogen functional groups attached to an aromatic ring is 1. The minimum atomic E-state index is -2.50. The number of ether oxygens (including phenoxy) is 1. The van der Waals surface area contributed by atoms with Crippen molar-refractivity contribution in [3.63, 3.8) is 0 Å². The molecule has 3 heterocycles. The number of aliphatic carboxylic acids is 1. The molecule has 7 N–H and O–H groups in total. The molecule has 0 aliphatic carbocycles. The van der Waals surface area contributed by atoms with Gasteiger partial charge in [0.25, 0.3) is 11.8 Å². The zero-order valence-electron chi connectivity index (χ0n) is 30.7. The number of nitrogens with zero attached hydrogens (tertiary/aromatic N) is 2. The zero-order valence-corrected chi connectivity index (χ0v) is 35.5. The fourth-order valence-electron chi connectivity index (χ4n) is 7.03. The van der Waals surface area contributed by atoms with Gasteiger partial charge in [-0.2, -0.15) is 0 Å². The number of carbonyl (C=O) groups is 4. The maximum Gasteiger partial charge on any atom is 0.409 e. The Bertz CT molecular complexity index is 2230. The number of nitrogens with two attached hydrogens (primary N) is 2. The molecule has 0 saturated carbocycles. The van der Waals surface area contributed by atoms with Gasteiger partial charge < -0.3 is 20.9 Å². The summed E-state index contributed by atoms with van der Waals surface area (Å²) in [6.07, 6.45) is -0.575. The van der Waals surface area contributed by atoms with E-state index in [1.807, 2.05) is 54.6 Å². The molecule has 3 amide bonds. The Morgan fingerprint density at radius 2 is 1.48 bits per heavy atom. The second-order valence-electron chi connectivity index (χ2n) is 14.3. The van der Waals surface area contributed by atoms with Gasteiger partial charge in [-0.25, -0.2) is 14.6 Å². The highest BCUT2D eigenvalue weighted by Gasteiger charge is 2.57. The fourth-order valence-corrected chi connectivity index (χ4v) is 13.6. The van der Waals surface area contributed by atoms with Gasteiger partial charge in [0.05, 0.1) is 16.4 Å². The van der Waals surface area contributed by atoms with Crippen LogP contribution in [0.4, 0.5) is 9.93 Å². The maximum atomic E-state index is 14.2. The highest BCUT2D eigenvalue weighted by Crippen LogP contribution is 2.58. The van der Waals surface area contributed by atoms with E-state index in [1.165, 1.54) is 28.0 Å². The number of halogens is 1. The Morgan fingerprint density at radius 3 is 2.00 bits per heavy atom. The van der Waals surface area contributed by atoms with Gasteiger partial charge in [0.2, 0.25) is 0 Å². The van der Waals surface area contributed by atoms with Crippen molar-refractivity contribution < 1.29 is 29.0 Å². The quantitative estimate of drug-likeness (QED) is 0.0560. The molecule has 290 valence electrons. The van der Waals surface area contributed by atoms with E-state index < -0.39 is 53.8 Å². The summed E-state index contributed by atoms with van der Waals surface area (Å²) in [6.45, 7) is 5.02. The van der Waals surface area contributed by atoms with Crippen molar-refractivity contribution >= 4 is 109 Å². The van der Waals surface area contributed by atoms with E-state index in [1.54, 1.807) is 39.0 Å². The fraction of sp³-hybridized carbons (Fsp3) is 0.225. The molecule has 0 bridgehead atoms. The monoisotopic (exact) mass is 923 g/mol. The first-order chi connectivity index (χ1) is 26.2. The number of rotatable bonds is 10. The summed E-state index contributed by atoms with van der Waals surface area (Å²) >= 11 is 2.55. The SMILES string of the molecule is CC(C)(C)OC(=O)NC(N)(C(=O)NC1C(=O)N2C(C(=O)O)=C(C[P+](c3ccccc3)(c3ccccc3)c3ccccc3)CS[C@@H]12)c1ccc2nc(N)sc2c1.I. The van der Waals surface area contributed by atoms with Crippen molar-refractivity contribution in [3.8, 4) is 0 Å². The lowest BCUT2D eigenvalue weighted by Gasteiger charge is -2.50. The van der Waals surface area contributed by atoms with Gasteiger partial charge in [-0.1, -0.05) is 72.0 Å². The second kappa shape index (κ2) is 16.1. The van der Waals surface area contributed by atoms with Crippen molar-refractivity contribution in [3.05, 3.63) is 126 Å². The molecule has 2 aliphatic heterocycles. The number of carboxylic acids is 1. The molecule has 12 nitrogen and oxygen atoms in total. The predicted octanol–water partition coefficient (Wildman–Crippen LogP) is 4.87. The van der Waals surface area contributed by atoms with Crippen LogP contribution in [0.5, 0.6) is 0 Å². The van der Waals surface area contributed by atoms with E-state index in [0.717, 1.165) is 15.9 Å². The highest BCUT2D eigenvalue weighted by atomic mass is 127. The first-order valence-corrected chi connectivity index (χ1v) is 21.3. The third kappa shape index (κ3) is 7.75. The van der Waals surface area contributed by atoms with Crippen molar-refractivity contribution in [2.24, 2.45) is 5.73 Å². The number of carboxylic acid groups (broad SMARTS) is 1. The molecule has 2 aliphatic rings. The van der Waals surface area contributed by atoms with E-state index in [4.69, 9.17) is 16.2 Å². The lowest BCUT2D eigenvalue weighted by molar-refractivity contribution is -0.151. The molecule has 16 heteroatoms. The summed E-state index contributed by atoms with van der Waals surface area (Å²) in [4.78, 5) is 60.1. The molecular weight excluding hydrogens is 882 g/mol. The van der Waals surface area contributed by atoms with Crippen molar-refractivity contribution in [2.75, 3.05) is 17.6 Å². The van der Waals surface area contributed by atoms with Gasteiger partial charge in [-0.15, -0.1) is 35.7 Å². The van der Waals surface area contributed by atoms with Crippen LogP contribution in [0.15, 0.2) is 120 Å².